The van der Waals surface area contributed by atoms with Gasteiger partial charge in [0.05, 0.1) is 15.0 Å². The van der Waals surface area contributed by atoms with Crippen LogP contribution in [0.2, 0.25) is 0 Å². The molecule has 4 heteroatoms. The lowest BCUT2D eigenvalue weighted by Crippen LogP contribution is -2.36. The van der Waals surface area contributed by atoms with Crippen LogP contribution in [-0.4, -0.2) is 18.8 Å². The van der Waals surface area contributed by atoms with Crippen molar-refractivity contribution < 1.29 is 15.6 Å². The van der Waals surface area contributed by atoms with E-state index in [-0.39, 0.29) is 0 Å². The number of anilines is 1. The second kappa shape index (κ2) is 7.18. The van der Waals surface area contributed by atoms with Crippen molar-refractivity contribution in [3.05, 3.63) is 60.2 Å². The van der Waals surface area contributed by atoms with Crippen LogP contribution >= 0.6 is 0 Å². The van der Waals surface area contributed by atoms with E-state index in [2.05, 4.69) is 0 Å². The van der Waals surface area contributed by atoms with Crippen LogP contribution in [0.1, 0.15) is 27.7 Å². The van der Waals surface area contributed by atoms with Crippen LogP contribution in [0.4, 0.5) is 10.5 Å². The lowest BCUT2D eigenvalue weighted by Gasteiger charge is -2.27. The molecule has 0 spiro atoms. The van der Waals surface area contributed by atoms with E-state index in [1.165, 1.54) is 4.90 Å². The highest BCUT2D eigenvalue weighted by Gasteiger charge is 2.23. The molecule has 4 nitrogen and oxygen atoms in total. The first-order valence-corrected chi connectivity index (χ1v) is 7.45. The smallest absolute Gasteiger partial charge is 0.415 e. The molecular formula is C19H23NO3. The van der Waals surface area contributed by atoms with Crippen LogP contribution in [0.3, 0.4) is 0 Å². The van der Waals surface area contributed by atoms with Crippen molar-refractivity contribution in [2.75, 3.05) is 12.0 Å². The molecule has 0 saturated heterocycles. The van der Waals surface area contributed by atoms with Gasteiger partial charge in [-0.05, 0) is 50.6 Å². The first kappa shape index (κ1) is 15.4. The van der Waals surface area contributed by atoms with E-state index in [4.69, 9.17) is 10.8 Å². The van der Waals surface area contributed by atoms with Crippen molar-refractivity contribution in [1.29, 1.82) is 0 Å². The molecule has 0 unspecified atom stereocenters. The number of amides is 1. The SMILES string of the molecule is [2H][C@@H](c1ccccc1)N(C(=O)OC(C)(C)C)c1ccc(OC)cc1. The van der Waals surface area contributed by atoms with E-state index in [1.807, 2.05) is 30.3 Å². The monoisotopic (exact) mass is 314 g/mol. The number of hydrogen-bond acceptors (Lipinski definition) is 3. The average Bonchev–Trinajstić information content (AvgIpc) is 2.55. The maximum atomic E-state index is 12.7. The fourth-order valence-electron chi connectivity index (χ4n) is 1.97. The highest BCUT2D eigenvalue weighted by Crippen LogP contribution is 2.23. The molecule has 2 aromatic rings. The molecule has 0 aliphatic rings. The van der Waals surface area contributed by atoms with E-state index in [0.29, 0.717) is 17.0 Å². The Bertz CT molecular complexity index is 665. The molecule has 2 aromatic carbocycles. The molecular weight excluding hydrogens is 290 g/mol. The first-order valence-electron chi connectivity index (χ1n) is 8.03. The zero-order chi connectivity index (χ0) is 17.7. The molecule has 23 heavy (non-hydrogen) atoms. The summed E-state index contributed by atoms with van der Waals surface area (Å²) in [7, 11) is 1.58. The first-order chi connectivity index (χ1) is 11.3. The Morgan fingerprint density at radius 1 is 1.09 bits per heavy atom. The van der Waals surface area contributed by atoms with E-state index < -0.39 is 18.2 Å². The van der Waals surface area contributed by atoms with Crippen molar-refractivity contribution in [1.82, 2.24) is 0 Å². The lowest BCUT2D eigenvalue weighted by molar-refractivity contribution is 0.0577. The minimum Gasteiger partial charge on any atom is -0.497 e. The molecule has 0 aliphatic carbocycles. The standard InChI is InChI=1S/C19H23NO3/c1-19(2,3)23-18(21)20(14-15-8-6-5-7-9-15)16-10-12-17(22-4)13-11-16/h5-13H,14H2,1-4H3/i14D/t14-/m0/s1. The van der Waals surface area contributed by atoms with Gasteiger partial charge in [0.15, 0.2) is 0 Å². The number of methoxy groups -OCH3 is 1. The van der Waals surface area contributed by atoms with Gasteiger partial charge in [-0.15, -0.1) is 0 Å². The van der Waals surface area contributed by atoms with Crippen LogP contribution in [0, 0.1) is 0 Å². The zero-order valence-corrected chi connectivity index (χ0v) is 13.9. The Kier molecular flexibility index (Phi) is 4.81. The molecule has 0 radical (unpaired) electrons. The van der Waals surface area contributed by atoms with Crippen molar-refractivity contribution in [3.63, 3.8) is 0 Å². The van der Waals surface area contributed by atoms with Crippen LogP contribution in [0.25, 0.3) is 0 Å². The molecule has 0 aromatic heterocycles. The Morgan fingerprint density at radius 2 is 1.70 bits per heavy atom. The second-order valence-corrected chi connectivity index (χ2v) is 6.09. The molecule has 0 heterocycles. The van der Waals surface area contributed by atoms with E-state index in [9.17, 15) is 4.79 Å². The molecule has 1 amide bonds. The fourth-order valence-corrected chi connectivity index (χ4v) is 1.97. The van der Waals surface area contributed by atoms with Gasteiger partial charge in [-0.1, -0.05) is 30.3 Å². The largest absolute Gasteiger partial charge is 0.497 e. The van der Waals surface area contributed by atoms with Crippen molar-refractivity contribution >= 4 is 11.8 Å². The average molecular weight is 314 g/mol. The summed E-state index contributed by atoms with van der Waals surface area (Å²) in [6.45, 7) is 4.50. The number of ether oxygens (including phenoxy) is 2. The number of carbonyl (C=O) groups is 1. The Hall–Kier alpha value is -2.49. The van der Waals surface area contributed by atoms with Crippen LogP contribution < -0.4 is 9.64 Å². The minimum atomic E-state index is -0.908. The van der Waals surface area contributed by atoms with Crippen LogP contribution in [0.5, 0.6) is 5.75 Å². The third-order valence-corrected chi connectivity index (χ3v) is 3.02. The van der Waals surface area contributed by atoms with Crippen molar-refractivity contribution in [3.8, 4) is 5.75 Å². The molecule has 122 valence electrons. The zero-order valence-electron chi connectivity index (χ0n) is 14.9. The summed E-state index contributed by atoms with van der Waals surface area (Å²) >= 11 is 0. The van der Waals surface area contributed by atoms with Gasteiger partial charge in [0, 0.05) is 5.69 Å². The van der Waals surface area contributed by atoms with Gasteiger partial charge < -0.3 is 9.47 Å². The van der Waals surface area contributed by atoms with Gasteiger partial charge in [-0.25, -0.2) is 4.79 Å². The molecule has 1 atom stereocenters. The molecule has 0 saturated carbocycles. The molecule has 0 N–H and O–H groups in total. The summed E-state index contributed by atoms with van der Waals surface area (Å²) in [6.07, 6.45) is -0.559. The maximum absolute atomic E-state index is 12.7. The Balaban J connectivity index is 2.38. The van der Waals surface area contributed by atoms with Gasteiger partial charge in [0.25, 0.3) is 0 Å². The third kappa shape index (κ3) is 5.02. The lowest BCUT2D eigenvalue weighted by atomic mass is 10.2. The molecule has 2 rings (SSSR count). The number of nitrogens with zero attached hydrogens (tertiary/aromatic N) is 1. The van der Waals surface area contributed by atoms with Crippen molar-refractivity contribution in [2.45, 2.75) is 32.9 Å². The quantitative estimate of drug-likeness (QED) is 0.825. The Morgan fingerprint density at radius 3 is 2.22 bits per heavy atom. The normalized spacial score (nSPS) is 13.0. The molecule has 0 fully saturated rings. The summed E-state index contributed by atoms with van der Waals surface area (Å²) in [5.74, 6) is 0.684. The summed E-state index contributed by atoms with van der Waals surface area (Å²) in [5.41, 5.74) is 0.645. The van der Waals surface area contributed by atoms with Gasteiger partial charge in [-0.2, -0.15) is 0 Å². The predicted octanol–water partition coefficient (Wildman–Crippen LogP) is 4.64. The van der Waals surface area contributed by atoms with E-state index in [0.717, 1.165) is 0 Å². The second-order valence-electron chi connectivity index (χ2n) is 6.09. The summed E-state index contributed by atoms with van der Waals surface area (Å²) < 4.78 is 19.2. The maximum Gasteiger partial charge on any atom is 0.415 e. The summed E-state index contributed by atoms with van der Waals surface area (Å²) in [6, 6.07) is 16.2. The minimum absolute atomic E-state index is 0.559. The predicted molar refractivity (Wildman–Crippen MR) is 91.9 cm³/mol. The van der Waals surface area contributed by atoms with E-state index >= 15 is 0 Å². The summed E-state index contributed by atoms with van der Waals surface area (Å²) in [5, 5.41) is 0. The molecule has 0 aliphatic heterocycles. The highest BCUT2D eigenvalue weighted by atomic mass is 16.6. The van der Waals surface area contributed by atoms with Gasteiger partial charge in [0.1, 0.15) is 11.4 Å². The van der Waals surface area contributed by atoms with Gasteiger partial charge >= 0.3 is 6.09 Å². The van der Waals surface area contributed by atoms with E-state index in [1.54, 1.807) is 52.1 Å². The number of carbonyl (C=O) groups excluding carboxylic acids is 1. The van der Waals surface area contributed by atoms with Crippen LogP contribution in [0.15, 0.2) is 54.6 Å². The molecule has 0 bridgehead atoms. The Labute approximate surface area is 139 Å². The number of hydrogen-bond donors (Lipinski definition) is 0. The third-order valence-electron chi connectivity index (χ3n) is 3.02. The fraction of sp³-hybridized carbons (Fsp3) is 0.316. The van der Waals surface area contributed by atoms with Gasteiger partial charge in [0.2, 0.25) is 0 Å². The number of benzene rings is 2. The van der Waals surface area contributed by atoms with Crippen LogP contribution in [-0.2, 0) is 11.3 Å². The van der Waals surface area contributed by atoms with Crippen molar-refractivity contribution in [2.24, 2.45) is 0 Å². The van der Waals surface area contributed by atoms with Gasteiger partial charge in [-0.3, -0.25) is 4.90 Å². The number of rotatable bonds is 4. The summed E-state index contributed by atoms with van der Waals surface area (Å²) in [4.78, 5) is 14.0. The highest BCUT2D eigenvalue weighted by molar-refractivity contribution is 5.87. The topological polar surface area (TPSA) is 38.8 Å².